The Balaban J connectivity index is 1.53. The monoisotopic (exact) mass is 665 g/mol. The summed E-state index contributed by atoms with van der Waals surface area (Å²) in [7, 11) is -8.45. The zero-order valence-electron chi connectivity index (χ0n) is 23.4. The molecule has 0 aliphatic rings. The molecular formula is C30H27ClF3N3O5S2. The molecule has 232 valence electrons. The van der Waals surface area contributed by atoms with Gasteiger partial charge < -0.3 is 5.32 Å². The fourth-order valence-corrected chi connectivity index (χ4v) is 6.81. The molecule has 0 aliphatic carbocycles. The predicted molar refractivity (Wildman–Crippen MR) is 164 cm³/mol. The number of rotatable bonds is 10. The van der Waals surface area contributed by atoms with E-state index < -0.39 is 49.3 Å². The SMILES string of the molecule is CCc1ccc(N(CC(=O)Nc2ccc(S(=O)(=O)Nc3ccc(Cl)c(C(F)(F)F)c3)cc2)S(=O)(=O)c2ccc(C)cc2)cc1. The van der Waals surface area contributed by atoms with E-state index in [2.05, 4.69) is 10.0 Å². The summed E-state index contributed by atoms with van der Waals surface area (Å²) in [6, 6.07) is 20.4. The quantitative estimate of drug-likeness (QED) is 0.192. The summed E-state index contributed by atoms with van der Waals surface area (Å²) in [6.45, 7) is 3.19. The molecule has 0 bridgehead atoms. The number of benzene rings is 4. The van der Waals surface area contributed by atoms with Crippen LogP contribution >= 0.6 is 11.6 Å². The molecule has 4 aromatic rings. The first-order valence-corrected chi connectivity index (χ1v) is 16.4. The normalized spacial score (nSPS) is 12.0. The van der Waals surface area contributed by atoms with Crippen molar-refractivity contribution in [2.75, 3.05) is 20.9 Å². The Morgan fingerprint density at radius 1 is 0.818 bits per heavy atom. The Labute approximate surface area is 258 Å². The van der Waals surface area contributed by atoms with E-state index in [0.717, 1.165) is 46.1 Å². The molecule has 0 saturated carbocycles. The second-order valence-electron chi connectivity index (χ2n) is 9.72. The molecule has 0 atom stereocenters. The minimum atomic E-state index is -4.79. The van der Waals surface area contributed by atoms with Gasteiger partial charge in [0.25, 0.3) is 20.0 Å². The smallest absolute Gasteiger partial charge is 0.325 e. The lowest BCUT2D eigenvalue weighted by Crippen LogP contribution is -2.38. The van der Waals surface area contributed by atoms with Crippen molar-refractivity contribution in [3.05, 3.63) is 113 Å². The lowest BCUT2D eigenvalue weighted by molar-refractivity contribution is -0.137. The largest absolute Gasteiger partial charge is 0.417 e. The van der Waals surface area contributed by atoms with Crippen LogP contribution in [0, 0.1) is 6.92 Å². The van der Waals surface area contributed by atoms with Gasteiger partial charge in [0.1, 0.15) is 6.54 Å². The van der Waals surface area contributed by atoms with Gasteiger partial charge in [-0.2, -0.15) is 13.2 Å². The molecule has 0 unspecified atom stereocenters. The Morgan fingerprint density at radius 3 is 1.95 bits per heavy atom. The summed E-state index contributed by atoms with van der Waals surface area (Å²) >= 11 is 5.60. The lowest BCUT2D eigenvalue weighted by Gasteiger charge is -2.24. The van der Waals surface area contributed by atoms with E-state index in [0.29, 0.717) is 6.07 Å². The van der Waals surface area contributed by atoms with Gasteiger partial charge in [-0.25, -0.2) is 16.8 Å². The number of halogens is 4. The molecule has 44 heavy (non-hydrogen) atoms. The predicted octanol–water partition coefficient (Wildman–Crippen LogP) is 6.86. The highest BCUT2D eigenvalue weighted by Gasteiger charge is 2.34. The maximum atomic E-state index is 13.6. The highest BCUT2D eigenvalue weighted by Crippen LogP contribution is 2.36. The third-order valence-electron chi connectivity index (χ3n) is 6.50. The van der Waals surface area contributed by atoms with E-state index in [1.165, 1.54) is 24.3 Å². The third kappa shape index (κ3) is 7.71. The maximum Gasteiger partial charge on any atom is 0.417 e. The van der Waals surface area contributed by atoms with Crippen molar-refractivity contribution in [1.82, 2.24) is 0 Å². The van der Waals surface area contributed by atoms with Crippen molar-refractivity contribution in [2.45, 2.75) is 36.2 Å². The summed E-state index contributed by atoms with van der Waals surface area (Å²) < 4.78 is 95.4. The van der Waals surface area contributed by atoms with E-state index in [1.54, 1.807) is 36.4 Å². The minimum absolute atomic E-state index is 0.000527. The van der Waals surface area contributed by atoms with Crippen molar-refractivity contribution in [2.24, 2.45) is 0 Å². The number of anilines is 3. The molecule has 0 spiro atoms. The topological polar surface area (TPSA) is 113 Å². The van der Waals surface area contributed by atoms with E-state index >= 15 is 0 Å². The Morgan fingerprint density at radius 2 is 1.39 bits per heavy atom. The fraction of sp³-hybridized carbons (Fsp3) is 0.167. The second kappa shape index (κ2) is 12.9. The van der Waals surface area contributed by atoms with Gasteiger partial charge in [-0.15, -0.1) is 0 Å². The van der Waals surface area contributed by atoms with Crippen LogP contribution in [0.25, 0.3) is 0 Å². The van der Waals surface area contributed by atoms with Crippen molar-refractivity contribution in [1.29, 1.82) is 0 Å². The first-order valence-electron chi connectivity index (χ1n) is 13.1. The molecular weight excluding hydrogens is 639 g/mol. The van der Waals surface area contributed by atoms with Crippen molar-refractivity contribution in [3.8, 4) is 0 Å². The zero-order valence-corrected chi connectivity index (χ0v) is 25.8. The van der Waals surface area contributed by atoms with E-state index in [4.69, 9.17) is 11.6 Å². The molecule has 0 aromatic heterocycles. The van der Waals surface area contributed by atoms with Crippen LogP contribution in [0.2, 0.25) is 5.02 Å². The van der Waals surface area contributed by atoms with Crippen molar-refractivity contribution < 1.29 is 34.8 Å². The zero-order chi connectivity index (χ0) is 32.3. The van der Waals surface area contributed by atoms with E-state index in [1.807, 2.05) is 13.8 Å². The van der Waals surface area contributed by atoms with Gasteiger partial charge >= 0.3 is 6.18 Å². The van der Waals surface area contributed by atoms with Crippen LogP contribution in [-0.2, 0) is 37.4 Å². The molecule has 0 aliphatic heterocycles. The van der Waals surface area contributed by atoms with Gasteiger partial charge in [-0.05, 0) is 85.6 Å². The van der Waals surface area contributed by atoms with E-state index in [-0.39, 0.29) is 26.9 Å². The number of carbonyl (C=O) groups is 1. The molecule has 8 nitrogen and oxygen atoms in total. The summed E-state index contributed by atoms with van der Waals surface area (Å²) in [5.74, 6) is -0.699. The summed E-state index contributed by atoms with van der Waals surface area (Å²) in [6.07, 6.45) is -4.05. The van der Waals surface area contributed by atoms with Crippen LogP contribution in [0.3, 0.4) is 0 Å². The number of aryl methyl sites for hydroxylation is 2. The lowest BCUT2D eigenvalue weighted by atomic mass is 10.1. The summed E-state index contributed by atoms with van der Waals surface area (Å²) in [4.78, 5) is 12.8. The van der Waals surface area contributed by atoms with Gasteiger partial charge in [-0.3, -0.25) is 13.8 Å². The van der Waals surface area contributed by atoms with Crippen LogP contribution in [-0.4, -0.2) is 29.3 Å². The number of amides is 1. The highest BCUT2D eigenvalue weighted by atomic mass is 35.5. The summed E-state index contributed by atoms with van der Waals surface area (Å²) in [5, 5.41) is 1.98. The first-order chi connectivity index (χ1) is 20.6. The maximum absolute atomic E-state index is 13.6. The molecule has 0 radical (unpaired) electrons. The highest BCUT2D eigenvalue weighted by molar-refractivity contribution is 7.93. The average molecular weight is 666 g/mol. The average Bonchev–Trinajstić information content (AvgIpc) is 2.97. The first kappa shape index (κ1) is 32.8. The van der Waals surface area contributed by atoms with Crippen LogP contribution < -0.4 is 14.3 Å². The van der Waals surface area contributed by atoms with Crippen LogP contribution in [0.1, 0.15) is 23.6 Å². The Bertz CT molecular complexity index is 1870. The van der Waals surface area contributed by atoms with Gasteiger partial charge in [0.2, 0.25) is 5.91 Å². The molecule has 14 heteroatoms. The van der Waals surface area contributed by atoms with E-state index in [9.17, 15) is 34.8 Å². The number of sulfonamides is 2. The molecule has 0 heterocycles. The Hall–Kier alpha value is -4.07. The number of nitrogens with one attached hydrogen (secondary N) is 2. The number of nitrogens with zero attached hydrogens (tertiary/aromatic N) is 1. The minimum Gasteiger partial charge on any atom is -0.325 e. The molecule has 4 rings (SSSR count). The summed E-state index contributed by atoms with van der Waals surface area (Å²) in [5.41, 5.74) is 0.737. The molecule has 4 aromatic carbocycles. The number of carbonyl (C=O) groups excluding carboxylic acids is 1. The molecule has 0 fully saturated rings. The number of hydrogen-bond donors (Lipinski definition) is 2. The van der Waals surface area contributed by atoms with Gasteiger partial charge in [0, 0.05) is 11.4 Å². The number of alkyl halides is 3. The van der Waals surface area contributed by atoms with Crippen molar-refractivity contribution in [3.63, 3.8) is 0 Å². The third-order valence-corrected chi connectivity index (χ3v) is 10.0. The van der Waals surface area contributed by atoms with Gasteiger partial charge in [0.05, 0.1) is 26.1 Å². The standard InChI is InChI=1S/C30H27ClF3N3O5S2/c1-3-21-6-11-24(12-7-21)37(44(41,42)26-13-4-20(2)5-14-26)19-29(38)35-22-8-15-25(16-9-22)43(39,40)36-23-10-17-28(31)27(18-23)30(32,33)34/h4-18,36H,3,19H2,1-2H3,(H,35,38). The second-order valence-corrected chi connectivity index (χ2v) is 13.7. The molecule has 0 saturated heterocycles. The Kier molecular flexibility index (Phi) is 9.62. The molecule has 1 amide bonds. The van der Waals surface area contributed by atoms with Gasteiger partial charge in [-0.1, -0.05) is 48.4 Å². The van der Waals surface area contributed by atoms with Crippen LogP contribution in [0.5, 0.6) is 0 Å². The molecule has 2 N–H and O–H groups in total. The van der Waals surface area contributed by atoms with Crippen LogP contribution in [0.15, 0.2) is 101 Å². The number of hydrogen-bond acceptors (Lipinski definition) is 5. The van der Waals surface area contributed by atoms with Gasteiger partial charge in [0.15, 0.2) is 0 Å². The van der Waals surface area contributed by atoms with Crippen molar-refractivity contribution >= 4 is 54.6 Å². The fourth-order valence-electron chi connectivity index (χ4n) is 4.12. The van der Waals surface area contributed by atoms with Crippen LogP contribution in [0.4, 0.5) is 30.2 Å².